The van der Waals surface area contributed by atoms with Gasteiger partial charge in [-0.05, 0) is 18.1 Å². The van der Waals surface area contributed by atoms with Gasteiger partial charge in [0.15, 0.2) is 5.82 Å². The van der Waals surface area contributed by atoms with Crippen LogP contribution in [0.25, 0.3) is 0 Å². The first-order chi connectivity index (χ1) is 15.0. The molecule has 1 amide bonds. The van der Waals surface area contributed by atoms with Crippen molar-refractivity contribution in [3.8, 4) is 0 Å². The van der Waals surface area contributed by atoms with E-state index in [-0.39, 0.29) is 11.9 Å². The zero-order valence-corrected chi connectivity index (χ0v) is 18.4. The summed E-state index contributed by atoms with van der Waals surface area (Å²) in [6.07, 6.45) is 4.28. The second-order valence-corrected chi connectivity index (χ2v) is 8.51. The highest BCUT2D eigenvalue weighted by molar-refractivity contribution is 7.99. The number of nitrogens with one attached hydrogen (secondary N) is 1. The molecule has 2 aliphatic heterocycles. The molecule has 31 heavy (non-hydrogen) atoms. The predicted molar refractivity (Wildman–Crippen MR) is 121 cm³/mol. The van der Waals surface area contributed by atoms with Crippen LogP contribution in [0.15, 0.2) is 36.5 Å². The summed E-state index contributed by atoms with van der Waals surface area (Å²) < 4.78 is 4.41. The Bertz CT molecular complexity index is 927. The summed E-state index contributed by atoms with van der Waals surface area (Å²) in [7, 11) is 0. The van der Waals surface area contributed by atoms with E-state index >= 15 is 0 Å². The van der Waals surface area contributed by atoms with Crippen LogP contribution in [0.2, 0.25) is 0 Å². The number of anilines is 2. The zero-order chi connectivity index (χ0) is 21.8. The van der Waals surface area contributed by atoms with Crippen LogP contribution >= 0.6 is 11.9 Å². The topological polar surface area (TPSA) is 93.9 Å². The standard InChI is InChI=1S/C21H28N6O3S/c1-31-23-19-7-9-27(22-19)21(30)25-12-10-24(11-13-25)14-16-4-2-3-5-18(16)26-8-6-17(15-26)20(28)29/h2-5,7,9,17H,6,8,10-15H2,1H3,(H,22,23)(H,28,29). The van der Waals surface area contributed by atoms with Gasteiger partial charge in [-0.2, -0.15) is 4.68 Å². The van der Waals surface area contributed by atoms with Crippen molar-refractivity contribution in [1.29, 1.82) is 0 Å². The van der Waals surface area contributed by atoms with Gasteiger partial charge < -0.3 is 19.6 Å². The minimum atomic E-state index is -0.714. The Morgan fingerprint density at radius 3 is 2.65 bits per heavy atom. The van der Waals surface area contributed by atoms with Crippen LogP contribution in [0.3, 0.4) is 0 Å². The van der Waals surface area contributed by atoms with Crippen LogP contribution in [0, 0.1) is 5.92 Å². The second kappa shape index (κ2) is 9.61. The lowest BCUT2D eigenvalue weighted by atomic mass is 10.1. The fourth-order valence-corrected chi connectivity index (χ4v) is 4.52. The summed E-state index contributed by atoms with van der Waals surface area (Å²) in [5, 5.41) is 13.6. The lowest BCUT2D eigenvalue weighted by molar-refractivity contribution is -0.140. The maximum Gasteiger partial charge on any atom is 0.344 e. The van der Waals surface area contributed by atoms with E-state index in [1.54, 1.807) is 12.3 Å². The molecule has 0 radical (unpaired) electrons. The molecule has 2 aromatic rings. The van der Waals surface area contributed by atoms with E-state index in [0.29, 0.717) is 31.9 Å². The highest BCUT2D eigenvalue weighted by atomic mass is 32.2. The Balaban J connectivity index is 1.34. The third-order valence-corrected chi connectivity index (χ3v) is 6.31. The van der Waals surface area contributed by atoms with Gasteiger partial charge in [-0.1, -0.05) is 30.1 Å². The summed E-state index contributed by atoms with van der Waals surface area (Å²) in [4.78, 5) is 30.4. The number of para-hydroxylation sites is 1. The van der Waals surface area contributed by atoms with Crippen molar-refractivity contribution in [2.24, 2.45) is 5.92 Å². The van der Waals surface area contributed by atoms with Crippen molar-refractivity contribution < 1.29 is 14.7 Å². The zero-order valence-electron chi connectivity index (χ0n) is 17.6. The van der Waals surface area contributed by atoms with Gasteiger partial charge >= 0.3 is 12.0 Å². The molecule has 1 atom stereocenters. The monoisotopic (exact) mass is 444 g/mol. The van der Waals surface area contributed by atoms with E-state index in [1.807, 2.05) is 23.3 Å². The van der Waals surface area contributed by atoms with E-state index < -0.39 is 5.97 Å². The Morgan fingerprint density at radius 2 is 1.94 bits per heavy atom. The first-order valence-corrected chi connectivity index (χ1v) is 11.7. The lowest BCUT2D eigenvalue weighted by Crippen LogP contribution is -2.49. The first-order valence-electron chi connectivity index (χ1n) is 10.5. The number of nitrogens with zero attached hydrogens (tertiary/aromatic N) is 5. The highest BCUT2D eigenvalue weighted by Crippen LogP contribution is 2.28. The van der Waals surface area contributed by atoms with Gasteiger partial charge in [0.05, 0.1) is 5.92 Å². The largest absolute Gasteiger partial charge is 0.481 e. The molecule has 2 saturated heterocycles. The summed E-state index contributed by atoms with van der Waals surface area (Å²) in [5.41, 5.74) is 2.32. The minimum absolute atomic E-state index is 0.106. The number of hydrogen-bond acceptors (Lipinski definition) is 7. The van der Waals surface area contributed by atoms with Gasteiger partial charge in [0, 0.05) is 70.0 Å². The van der Waals surface area contributed by atoms with Crippen LogP contribution in [0.5, 0.6) is 0 Å². The molecule has 9 nitrogen and oxygen atoms in total. The third kappa shape index (κ3) is 4.96. The number of benzene rings is 1. The van der Waals surface area contributed by atoms with Crippen molar-refractivity contribution in [3.63, 3.8) is 0 Å². The molecule has 10 heteroatoms. The summed E-state index contributed by atoms with van der Waals surface area (Å²) in [6.45, 7) is 4.99. The van der Waals surface area contributed by atoms with Crippen LogP contribution in [-0.4, -0.2) is 82.2 Å². The molecule has 4 rings (SSSR count). The molecule has 2 N–H and O–H groups in total. The van der Waals surface area contributed by atoms with E-state index in [9.17, 15) is 14.7 Å². The number of carboxylic acids is 1. The minimum Gasteiger partial charge on any atom is -0.481 e. The fourth-order valence-electron chi connectivity index (χ4n) is 4.21. The average molecular weight is 445 g/mol. The molecule has 1 aromatic carbocycles. The van der Waals surface area contributed by atoms with Crippen molar-refractivity contribution in [2.45, 2.75) is 13.0 Å². The van der Waals surface area contributed by atoms with Crippen molar-refractivity contribution in [1.82, 2.24) is 19.6 Å². The molecular weight excluding hydrogens is 416 g/mol. The molecule has 0 bridgehead atoms. The van der Waals surface area contributed by atoms with Crippen LogP contribution < -0.4 is 9.62 Å². The molecule has 0 spiro atoms. The summed E-state index contributed by atoms with van der Waals surface area (Å²) in [6, 6.07) is 9.91. The molecule has 3 heterocycles. The van der Waals surface area contributed by atoms with Gasteiger partial charge in [-0.3, -0.25) is 9.69 Å². The number of hydrogen-bond donors (Lipinski definition) is 2. The van der Waals surface area contributed by atoms with Crippen LogP contribution in [0.4, 0.5) is 16.3 Å². The Labute approximate surface area is 186 Å². The lowest BCUT2D eigenvalue weighted by Gasteiger charge is -2.35. The number of amides is 1. The summed E-state index contributed by atoms with van der Waals surface area (Å²) >= 11 is 1.44. The maximum absolute atomic E-state index is 12.7. The molecule has 0 aliphatic carbocycles. The Morgan fingerprint density at radius 1 is 1.16 bits per heavy atom. The molecule has 166 valence electrons. The molecule has 2 fully saturated rings. The smallest absolute Gasteiger partial charge is 0.344 e. The van der Waals surface area contributed by atoms with Gasteiger partial charge in [0.25, 0.3) is 0 Å². The van der Waals surface area contributed by atoms with E-state index in [0.717, 1.165) is 31.9 Å². The number of carbonyl (C=O) groups is 2. The maximum atomic E-state index is 12.7. The number of carboxylic acid groups (broad SMARTS) is 1. The highest BCUT2D eigenvalue weighted by Gasteiger charge is 2.29. The Hall–Kier alpha value is -2.72. The second-order valence-electron chi connectivity index (χ2n) is 7.90. The predicted octanol–water partition coefficient (Wildman–Crippen LogP) is 2.27. The van der Waals surface area contributed by atoms with Crippen molar-refractivity contribution in [2.75, 3.05) is 55.1 Å². The van der Waals surface area contributed by atoms with E-state index in [4.69, 9.17) is 0 Å². The number of aliphatic carboxylic acids is 1. The van der Waals surface area contributed by atoms with Gasteiger partial charge in [-0.25, -0.2) is 4.79 Å². The fraction of sp³-hybridized carbons (Fsp3) is 0.476. The molecular formula is C21H28N6O3S. The molecule has 2 aliphatic rings. The number of piperazine rings is 1. The SMILES string of the molecule is CSNc1ccn(C(=O)N2CCN(Cc3ccccc3N3CCC(C(=O)O)C3)CC2)n1. The van der Waals surface area contributed by atoms with Crippen molar-refractivity contribution >= 4 is 35.5 Å². The van der Waals surface area contributed by atoms with Gasteiger partial charge in [-0.15, -0.1) is 5.10 Å². The molecule has 1 unspecified atom stereocenters. The van der Waals surface area contributed by atoms with Crippen molar-refractivity contribution in [3.05, 3.63) is 42.1 Å². The number of rotatable bonds is 6. The average Bonchev–Trinajstić information content (AvgIpc) is 3.45. The number of aromatic nitrogens is 2. The number of carbonyl (C=O) groups excluding carboxylic acids is 1. The Kier molecular flexibility index (Phi) is 6.67. The van der Waals surface area contributed by atoms with E-state index in [2.05, 4.69) is 31.8 Å². The third-order valence-electron chi connectivity index (χ3n) is 5.90. The van der Waals surface area contributed by atoms with Gasteiger partial charge in [0.2, 0.25) is 0 Å². The van der Waals surface area contributed by atoms with E-state index in [1.165, 1.54) is 22.2 Å². The molecule has 1 aromatic heterocycles. The molecule has 0 saturated carbocycles. The van der Waals surface area contributed by atoms with Gasteiger partial charge in [0.1, 0.15) is 0 Å². The van der Waals surface area contributed by atoms with Crippen LogP contribution in [-0.2, 0) is 11.3 Å². The summed E-state index contributed by atoms with van der Waals surface area (Å²) in [5.74, 6) is -0.339. The van der Waals surface area contributed by atoms with Crippen LogP contribution in [0.1, 0.15) is 12.0 Å². The quantitative estimate of drug-likeness (QED) is 0.656. The normalized spacial score (nSPS) is 19.6. The first kappa shape index (κ1) is 21.5.